The summed E-state index contributed by atoms with van der Waals surface area (Å²) in [6.45, 7) is 0.934. The van der Waals surface area contributed by atoms with Crippen LogP contribution >= 0.6 is 0 Å². The summed E-state index contributed by atoms with van der Waals surface area (Å²) in [5, 5.41) is 20.3. The highest BCUT2D eigenvalue weighted by Crippen LogP contribution is 2.31. The largest absolute Gasteiger partial charge is 0.504 e. The quantitative estimate of drug-likeness (QED) is 0.759. The maximum Gasteiger partial charge on any atom is 0.210 e. The first-order chi connectivity index (χ1) is 10.6. The number of rotatable bonds is 7. The molecule has 122 valence electrons. The van der Waals surface area contributed by atoms with Crippen LogP contribution in [-0.4, -0.2) is 40.8 Å². The van der Waals surface area contributed by atoms with Crippen molar-refractivity contribution >= 4 is 6.41 Å². The lowest BCUT2D eigenvalue weighted by Crippen LogP contribution is -2.36. The van der Waals surface area contributed by atoms with E-state index in [1.54, 1.807) is 17.0 Å². The standard InChI is InChI=1S/C17H25NO4/c1-22-16-6-5-14(11-15(16)20)12-18(13-19)10-9-17(21)7-3-2-4-8-17/h5-6,11,13,20-21H,2-4,7-10,12H2,1H3. The van der Waals surface area contributed by atoms with Crippen molar-refractivity contribution in [2.45, 2.75) is 50.7 Å². The fourth-order valence-corrected chi connectivity index (χ4v) is 3.05. The maximum absolute atomic E-state index is 11.3. The van der Waals surface area contributed by atoms with E-state index < -0.39 is 5.60 Å². The van der Waals surface area contributed by atoms with Gasteiger partial charge in [-0.1, -0.05) is 25.3 Å². The highest BCUT2D eigenvalue weighted by molar-refractivity contribution is 5.48. The van der Waals surface area contributed by atoms with Crippen LogP contribution in [0, 0.1) is 0 Å². The van der Waals surface area contributed by atoms with Gasteiger partial charge in [-0.15, -0.1) is 0 Å². The molecule has 0 bridgehead atoms. The molecule has 0 atom stereocenters. The lowest BCUT2D eigenvalue weighted by molar-refractivity contribution is -0.119. The Morgan fingerprint density at radius 3 is 2.64 bits per heavy atom. The second-order valence-corrected chi connectivity index (χ2v) is 6.12. The molecule has 22 heavy (non-hydrogen) atoms. The number of phenolic OH excluding ortho intramolecular Hbond substituents is 1. The molecule has 1 aliphatic rings. The number of carbonyl (C=O) groups excluding carboxylic acids is 1. The second kappa shape index (κ2) is 7.49. The minimum Gasteiger partial charge on any atom is -0.504 e. The first-order valence-corrected chi connectivity index (χ1v) is 7.84. The number of methoxy groups -OCH3 is 1. The van der Waals surface area contributed by atoms with Gasteiger partial charge in [-0.2, -0.15) is 0 Å². The zero-order valence-electron chi connectivity index (χ0n) is 13.1. The van der Waals surface area contributed by atoms with Crippen molar-refractivity contribution in [2.24, 2.45) is 0 Å². The van der Waals surface area contributed by atoms with Gasteiger partial charge in [-0.05, 0) is 37.0 Å². The number of carbonyl (C=O) groups is 1. The Morgan fingerprint density at radius 2 is 2.05 bits per heavy atom. The number of phenols is 1. The predicted molar refractivity (Wildman–Crippen MR) is 83.8 cm³/mol. The van der Waals surface area contributed by atoms with E-state index in [0.717, 1.165) is 37.7 Å². The van der Waals surface area contributed by atoms with E-state index >= 15 is 0 Å². The van der Waals surface area contributed by atoms with Gasteiger partial charge in [0.2, 0.25) is 6.41 Å². The van der Waals surface area contributed by atoms with Crippen molar-refractivity contribution < 1.29 is 19.7 Å². The van der Waals surface area contributed by atoms with E-state index in [4.69, 9.17) is 4.74 Å². The Balaban J connectivity index is 1.91. The third-order valence-corrected chi connectivity index (χ3v) is 4.43. The van der Waals surface area contributed by atoms with Crippen molar-refractivity contribution in [3.8, 4) is 11.5 Å². The van der Waals surface area contributed by atoms with E-state index in [0.29, 0.717) is 25.3 Å². The molecule has 0 saturated heterocycles. The minimum absolute atomic E-state index is 0.0664. The van der Waals surface area contributed by atoms with Gasteiger partial charge in [0.25, 0.3) is 0 Å². The summed E-state index contributed by atoms with van der Waals surface area (Å²) in [4.78, 5) is 12.9. The smallest absolute Gasteiger partial charge is 0.210 e. The summed E-state index contributed by atoms with van der Waals surface area (Å²) >= 11 is 0. The number of benzene rings is 1. The van der Waals surface area contributed by atoms with Crippen LogP contribution in [0.15, 0.2) is 18.2 Å². The zero-order valence-corrected chi connectivity index (χ0v) is 13.1. The zero-order chi connectivity index (χ0) is 16.0. The molecule has 1 aliphatic carbocycles. The van der Waals surface area contributed by atoms with Crippen LogP contribution in [-0.2, 0) is 11.3 Å². The van der Waals surface area contributed by atoms with Crippen molar-refractivity contribution in [2.75, 3.05) is 13.7 Å². The van der Waals surface area contributed by atoms with E-state index in [-0.39, 0.29) is 5.75 Å². The number of hydrogen-bond donors (Lipinski definition) is 2. The van der Waals surface area contributed by atoms with Crippen LogP contribution in [0.2, 0.25) is 0 Å². The third kappa shape index (κ3) is 4.37. The minimum atomic E-state index is -0.623. The maximum atomic E-state index is 11.3. The van der Waals surface area contributed by atoms with Crippen molar-refractivity contribution in [3.63, 3.8) is 0 Å². The fourth-order valence-electron chi connectivity index (χ4n) is 3.05. The molecule has 0 heterocycles. The molecule has 0 aromatic heterocycles. The number of hydrogen-bond acceptors (Lipinski definition) is 4. The SMILES string of the molecule is COc1ccc(CN(C=O)CCC2(O)CCCCC2)cc1O. The number of amides is 1. The fraction of sp³-hybridized carbons (Fsp3) is 0.588. The van der Waals surface area contributed by atoms with Gasteiger partial charge in [0.05, 0.1) is 12.7 Å². The molecule has 1 aromatic rings. The van der Waals surface area contributed by atoms with Gasteiger partial charge in [0.15, 0.2) is 11.5 Å². The molecule has 1 amide bonds. The Bertz CT molecular complexity index is 497. The van der Waals surface area contributed by atoms with Crippen LogP contribution in [0.25, 0.3) is 0 Å². The molecule has 1 fully saturated rings. The first kappa shape index (κ1) is 16.6. The molecule has 2 rings (SSSR count). The van der Waals surface area contributed by atoms with E-state index in [2.05, 4.69) is 0 Å². The molecule has 1 aromatic carbocycles. The van der Waals surface area contributed by atoms with Gasteiger partial charge in [0.1, 0.15) is 0 Å². The summed E-state index contributed by atoms with van der Waals surface area (Å²) in [5.41, 5.74) is 0.211. The van der Waals surface area contributed by atoms with E-state index in [9.17, 15) is 15.0 Å². The van der Waals surface area contributed by atoms with Crippen LogP contribution in [0.1, 0.15) is 44.1 Å². The summed E-state index contributed by atoms with van der Waals surface area (Å²) in [7, 11) is 1.50. The lowest BCUT2D eigenvalue weighted by atomic mass is 9.82. The second-order valence-electron chi connectivity index (χ2n) is 6.12. The highest BCUT2D eigenvalue weighted by atomic mass is 16.5. The molecule has 5 heteroatoms. The molecule has 0 unspecified atom stereocenters. The molecular formula is C17H25NO4. The summed E-state index contributed by atoms with van der Waals surface area (Å²) in [6, 6.07) is 5.11. The van der Waals surface area contributed by atoms with Crippen molar-refractivity contribution in [3.05, 3.63) is 23.8 Å². The average molecular weight is 307 g/mol. The van der Waals surface area contributed by atoms with Gasteiger partial charge in [-0.3, -0.25) is 4.79 Å². The van der Waals surface area contributed by atoms with Gasteiger partial charge in [0, 0.05) is 13.1 Å². The van der Waals surface area contributed by atoms with E-state index in [1.165, 1.54) is 13.5 Å². The lowest BCUT2D eigenvalue weighted by Gasteiger charge is -2.33. The van der Waals surface area contributed by atoms with Crippen LogP contribution < -0.4 is 4.74 Å². The normalized spacial score (nSPS) is 17.0. The van der Waals surface area contributed by atoms with Crippen LogP contribution in [0.3, 0.4) is 0 Å². The molecular weight excluding hydrogens is 282 g/mol. The Hall–Kier alpha value is -1.75. The predicted octanol–water partition coefficient (Wildman–Crippen LogP) is 2.44. The van der Waals surface area contributed by atoms with Gasteiger partial charge < -0.3 is 19.8 Å². The molecule has 1 saturated carbocycles. The topological polar surface area (TPSA) is 70.0 Å². The summed E-state index contributed by atoms with van der Waals surface area (Å²) < 4.78 is 5.01. The van der Waals surface area contributed by atoms with Gasteiger partial charge >= 0.3 is 0 Å². The summed E-state index contributed by atoms with van der Waals surface area (Å²) in [6.07, 6.45) is 6.35. The third-order valence-electron chi connectivity index (χ3n) is 4.43. The number of aromatic hydroxyl groups is 1. The number of aliphatic hydroxyl groups is 1. The van der Waals surface area contributed by atoms with Crippen LogP contribution in [0.5, 0.6) is 11.5 Å². The Morgan fingerprint density at radius 1 is 1.32 bits per heavy atom. The first-order valence-electron chi connectivity index (χ1n) is 7.84. The Labute approximate surface area is 131 Å². The highest BCUT2D eigenvalue weighted by Gasteiger charge is 2.29. The van der Waals surface area contributed by atoms with E-state index in [1.807, 2.05) is 6.07 Å². The van der Waals surface area contributed by atoms with Gasteiger partial charge in [-0.25, -0.2) is 0 Å². The van der Waals surface area contributed by atoms with Crippen molar-refractivity contribution in [1.29, 1.82) is 0 Å². The average Bonchev–Trinajstić information content (AvgIpc) is 2.52. The van der Waals surface area contributed by atoms with Crippen LogP contribution in [0.4, 0.5) is 0 Å². The number of nitrogens with zero attached hydrogens (tertiary/aromatic N) is 1. The molecule has 0 radical (unpaired) electrons. The monoisotopic (exact) mass is 307 g/mol. The number of ether oxygens (including phenoxy) is 1. The van der Waals surface area contributed by atoms with Crippen molar-refractivity contribution in [1.82, 2.24) is 4.90 Å². The Kier molecular flexibility index (Phi) is 5.66. The molecule has 0 spiro atoms. The molecule has 5 nitrogen and oxygen atoms in total. The molecule has 2 N–H and O–H groups in total. The summed E-state index contributed by atoms with van der Waals surface area (Å²) in [5.74, 6) is 0.481. The molecule has 0 aliphatic heterocycles.